The molecule has 7 heteroatoms. The van der Waals surface area contributed by atoms with Crippen LogP contribution in [0.1, 0.15) is 12.5 Å². The van der Waals surface area contributed by atoms with Gasteiger partial charge >= 0.3 is 5.97 Å². The zero-order chi connectivity index (χ0) is 16.4. The van der Waals surface area contributed by atoms with Gasteiger partial charge in [-0.05, 0) is 24.6 Å². The summed E-state index contributed by atoms with van der Waals surface area (Å²) in [4.78, 5) is 24.0. The summed E-state index contributed by atoms with van der Waals surface area (Å²) >= 11 is 0. The number of ether oxygens (including phenoxy) is 2. The molecule has 1 aromatic rings. The van der Waals surface area contributed by atoms with Crippen molar-refractivity contribution < 1.29 is 28.6 Å². The van der Waals surface area contributed by atoms with Crippen molar-refractivity contribution >= 4 is 11.9 Å². The normalized spacial score (nSPS) is 10.5. The average molecular weight is 313 g/mol. The summed E-state index contributed by atoms with van der Waals surface area (Å²) in [6.07, 6.45) is 0. The molecule has 0 aliphatic rings. The SMILES string of the molecule is CCOCCOCC(=O)N(CC(=O)O)Cc1ccc(F)cc1. The third-order valence-electron chi connectivity index (χ3n) is 2.77. The fraction of sp³-hybridized carbons (Fsp3) is 0.467. The lowest BCUT2D eigenvalue weighted by molar-refractivity contribution is -0.147. The number of rotatable bonds is 10. The first-order valence-electron chi connectivity index (χ1n) is 6.92. The zero-order valence-corrected chi connectivity index (χ0v) is 12.5. The number of halogens is 1. The lowest BCUT2D eigenvalue weighted by atomic mass is 10.2. The predicted molar refractivity (Wildman–Crippen MR) is 76.8 cm³/mol. The van der Waals surface area contributed by atoms with Crippen LogP contribution in [0.15, 0.2) is 24.3 Å². The number of carboxylic acid groups (broad SMARTS) is 1. The molecule has 0 bridgehead atoms. The van der Waals surface area contributed by atoms with Gasteiger partial charge in [0.2, 0.25) is 5.91 Å². The maximum Gasteiger partial charge on any atom is 0.323 e. The minimum atomic E-state index is -1.12. The van der Waals surface area contributed by atoms with Crippen LogP contribution in [0.25, 0.3) is 0 Å². The van der Waals surface area contributed by atoms with Crippen molar-refractivity contribution in [2.45, 2.75) is 13.5 Å². The van der Waals surface area contributed by atoms with Crippen molar-refractivity contribution in [3.05, 3.63) is 35.6 Å². The first kappa shape index (κ1) is 18.1. The highest BCUT2D eigenvalue weighted by molar-refractivity contribution is 5.82. The van der Waals surface area contributed by atoms with Gasteiger partial charge in [0.05, 0.1) is 13.2 Å². The van der Waals surface area contributed by atoms with Gasteiger partial charge in [-0.3, -0.25) is 9.59 Å². The molecule has 0 fully saturated rings. The maximum atomic E-state index is 12.9. The molecule has 1 rings (SSSR count). The maximum absolute atomic E-state index is 12.9. The van der Waals surface area contributed by atoms with Gasteiger partial charge in [0.1, 0.15) is 19.0 Å². The molecule has 22 heavy (non-hydrogen) atoms. The first-order valence-corrected chi connectivity index (χ1v) is 6.92. The molecule has 0 radical (unpaired) electrons. The quantitative estimate of drug-likeness (QED) is 0.659. The monoisotopic (exact) mass is 313 g/mol. The Labute approximate surface area is 128 Å². The van der Waals surface area contributed by atoms with Crippen LogP contribution in [-0.2, 0) is 25.6 Å². The van der Waals surface area contributed by atoms with Gasteiger partial charge in [0.25, 0.3) is 0 Å². The van der Waals surface area contributed by atoms with Gasteiger partial charge in [0.15, 0.2) is 0 Å². The summed E-state index contributed by atoms with van der Waals surface area (Å²) in [5.41, 5.74) is 0.644. The molecule has 0 unspecified atom stereocenters. The fourth-order valence-corrected chi connectivity index (χ4v) is 1.72. The summed E-state index contributed by atoms with van der Waals surface area (Å²) in [5, 5.41) is 8.88. The van der Waals surface area contributed by atoms with Crippen LogP contribution in [-0.4, -0.2) is 54.9 Å². The van der Waals surface area contributed by atoms with Crippen LogP contribution >= 0.6 is 0 Å². The molecule has 0 heterocycles. The molecule has 0 saturated heterocycles. The Balaban J connectivity index is 2.53. The molecule has 0 atom stereocenters. The highest BCUT2D eigenvalue weighted by Crippen LogP contribution is 2.07. The molecule has 0 aromatic heterocycles. The number of carboxylic acids is 1. The molecule has 1 amide bonds. The van der Waals surface area contributed by atoms with Crippen LogP contribution < -0.4 is 0 Å². The Morgan fingerprint density at radius 1 is 1.18 bits per heavy atom. The molecule has 0 aliphatic carbocycles. The molecule has 1 N–H and O–H groups in total. The Morgan fingerprint density at radius 2 is 1.82 bits per heavy atom. The summed E-state index contributed by atoms with van der Waals surface area (Å²) in [6.45, 7) is 2.47. The Kier molecular flexibility index (Phi) is 8.09. The van der Waals surface area contributed by atoms with Crippen molar-refractivity contribution in [2.24, 2.45) is 0 Å². The van der Waals surface area contributed by atoms with Crippen LogP contribution in [0.2, 0.25) is 0 Å². The minimum absolute atomic E-state index is 0.0836. The molecule has 0 saturated carbocycles. The third kappa shape index (κ3) is 7.14. The fourth-order valence-electron chi connectivity index (χ4n) is 1.72. The van der Waals surface area contributed by atoms with Crippen molar-refractivity contribution in [1.29, 1.82) is 0 Å². The molecule has 0 aliphatic heterocycles. The van der Waals surface area contributed by atoms with E-state index in [-0.39, 0.29) is 25.6 Å². The van der Waals surface area contributed by atoms with E-state index in [9.17, 15) is 14.0 Å². The van der Waals surface area contributed by atoms with E-state index in [1.165, 1.54) is 24.3 Å². The van der Waals surface area contributed by atoms with E-state index in [4.69, 9.17) is 14.6 Å². The highest BCUT2D eigenvalue weighted by Gasteiger charge is 2.17. The van der Waals surface area contributed by atoms with Crippen molar-refractivity contribution in [2.75, 3.05) is 33.0 Å². The highest BCUT2D eigenvalue weighted by atomic mass is 19.1. The third-order valence-corrected chi connectivity index (χ3v) is 2.77. The number of carbonyl (C=O) groups excluding carboxylic acids is 1. The molecule has 0 spiro atoms. The van der Waals surface area contributed by atoms with Crippen molar-refractivity contribution in [1.82, 2.24) is 4.90 Å². The topological polar surface area (TPSA) is 76.1 Å². The number of nitrogens with zero attached hydrogens (tertiary/aromatic N) is 1. The van der Waals surface area contributed by atoms with E-state index < -0.39 is 18.4 Å². The zero-order valence-electron chi connectivity index (χ0n) is 12.5. The van der Waals surface area contributed by atoms with Gasteiger partial charge in [-0.1, -0.05) is 12.1 Å². The molecular formula is C15H20FNO5. The van der Waals surface area contributed by atoms with E-state index in [0.717, 1.165) is 4.90 Å². The minimum Gasteiger partial charge on any atom is -0.480 e. The number of hydrogen-bond donors (Lipinski definition) is 1. The number of amides is 1. The van der Waals surface area contributed by atoms with Crippen LogP contribution in [0.5, 0.6) is 0 Å². The van der Waals surface area contributed by atoms with Gasteiger partial charge in [-0.15, -0.1) is 0 Å². The molecular weight excluding hydrogens is 293 g/mol. The second-order valence-corrected chi connectivity index (χ2v) is 4.52. The van der Waals surface area contributed by atoms with Gasteiger partial charge in [-0.2, -0.15) is 0 Å². The molecule has 1 aromatic carbocycles. The summed E-state index contributed by atoms with van der Waals surface area (Å²) < 4.78 is 23.1. The number of aliphatic carboxylic acids is 1. The van der Waals surface area contributed by atoms with E-state index in [0.29, 0.717) is 18.8 Å². The van der Waals surface area contributed by atoms with E-state index >= 15 is 0 Å². The van der Waals surface area contributed by atoms with Crippen molar-refractivity contribution in [3.63, 3.8) is 0 Å². The Bertz CT molecular complexity index is 477. The second kappa shape index (κ2) is 9.86. The Hall–Kier alpha value is -1.99. The van der Waals surface area contributed by atoms with Crippen LogP contribution in [0, 0.1) is 5.82 Å². The van der Waals surface area contributed by atoms with Gasteiger partial charge < -0.3 is 19.5 Å². The second-order valence-electron chi connectivity index (χ2n) is 4.52. The predicted octanol–water partition coefficient (Wildman–Crippen LogP) is 1.29. The standard InChI is InChI=1S/C15H20FNO5/c1-2-21-7-8-22-11-14(18)17(10-15(19)20)9-12-3-5-13(16)6-4-12/h3-6H,2,7-11H2,1H3,(H,19,20). The molecule has 122 valence electrons. The van der Waals surface area contributed by atoms with E-state index in [1.807, 2.05) is 6.92 Å². The summed E-state index contributed by atoms with van der Waals surface area (Å²) in [5.74, 6) is -1.95. The lowest BCUT2D eigenvalue weighted by Gasteiger charge is -2.20. The first-order chi connectivity index (χ1) is 10.5. The number of hydrogen-bond acceptors (Lipinski definition) is 4. The smallest absolute Gasteiger partial charge is 0.323 e. The van der Waals surface area contributed by atoms with Gasteiger partial charge in [0, 0.05) is 13.2 Å². The van der Waals surface area contributed by atoms with E-state index in [1.54, 1.807) is 0 Å². The average Bonchev–Trinajstić information content (AvgIpc) is 2.48. The largest absolute Gasteiger partial charge is 0.480 e. The number of carbonyl (C=O) groups is 2. The van der Waals surface area contributed by atoms with Crippen LogP contribution in [0.4, 0.5) is 4.39 Å². The summed E-state index contributed by atoms with van der Waals surface area (Å²) in [7, 11) is 0. The molecule has 6 nitrogen and oxygen atoms in total. The van der Waals surface area contributed by atoms with E-state index in [2.05, 4.69) is 0 Å². The summed E-state index contributed by atoms with van der Waals surface area (Å²) in [6, 6.07) is 5.54. The number of benzene rings is 1. The Morgan fingerprint density at radius 3 is 2.41 bits per heavy atom. The van der Waals surface area contributed by atoms with Crippen molar-refractivity contribution in [3.8, 4) is 0 Å². The lowest BCUT2D eigenvalue weighted by Crippen LogP contribution is -2.37. The van der Waals surface area contributed by atoms with Gasteiger partial charge in [-0.25, -0.2) is 4.39 Å². The van der Waals surface area contributed by atoms with Crippen LogP contribution in [0.3, 0.4) is 0 Å².